The van der Waals surface area contributed by atoms with E-state index in [-0.39, 0.29) is 5.75 Å². The number of phenolic OH excluding ortho intramolecular Hbond substituents is 1. The van der Waals surface area contributed by atoms with Crippen LogP contribution < -0.4 is 5.32 Å². The van der Waals surface area contributed by atoms with E-state index >= 15 is 0 Å². The Labute approximate surface area is 88.4 Å². The molecule has 2 N–H and O–H groups in total. The summed E-state index contributed by atoms with van der Waals surface area (Å²) in [7, 11) is 0. The smallest absolute Gasteiger partial charge is 0.117 e. The van der Waals surface area contributed by atoms with Gasteiger partial charge in [0, 0.05) is 30.7 Å². The maximum absolute atomic E-state index is 9.26. The van der Waals surface area contributed by atoms with Gasteiger partial charge in [0.05, 0.1) is 0 Å². The lowest BCUT2D eigenvalue weighted by Gasteiger charge is -2.06. The first-order valence-corrected chi connectivity index (χ1v) is 4.76. The highest BCUT2D eigenvalue weighted by atomic mass is 16.3. The molecular formula is C12H12N2O. The lowest BCUT2D eigenvalue weighted by molar-refractivity contribution is 0.475. The molecular weight excluding hydrogens is 188 g/mol. The predicted octanol–water partition coefficient (Wildman–Crippen LogP) is 2.40. The van der Waals surface area contributed by atoms with Gasteiger partial charge in [0.2, 0.25) is 0 Å². The second-order valence-electron chi connectivity index (χ2n) is 3.26. The second-order valence-corrected chi connectivity index (χ2v) is 3.26. The van der Waals surface area contributed by atoms with Crippen molar-refractivity contribution in [3.05, 3.63) is 54.4 Å². The number of nitrogens with one attached hydrogen (secondary N) is 1. The van der Waals surface area contributed by atoms with E-state index < -0.39 is 0 Å². The number of benzene rings is 1. The van der Waals surface area contributed by atoms with Crippen LogP contribution in [0.3, 0.4) is 0 Å². The van der Waals surface area contributed by atoms with Gasteiger partial charge in [-0.15, -0.1) is 0 Å². The summed E-state index contributed by atoms with van der Waals surface area (Å²) >= 11 is 0. The van der Waals surface area contributed by atoms with E-state index in [1.165, 1.54) is 0 Å². The molecule has 0 aliphatic carbocycles. The summed E-state index contributed by atoms with van der Waals surface area (Å²) in [5, 5.41) is 12.5. The molecule has 0 bridgehead atoms. The molecule has 0 unspecified atom stereocenters. The molecule has 1 aromatic heterocycles. The van der Waals surface area contributed by atoms with Gasteiger partial charge in [0.25, 0.3) is 0 Å². The van der Waals surface area contributed by atoms with Crippen LogP contribution >= 0.6 is 0 Å². The van der Waals surface area contributed by atoms with Gasteiger partial charge >= 0.3 is 0 Å². The van der Waals surface area contributed by atoms with Crippen molar-refractivity contribution < 1.29 is 5.11 Å². The fourth-order valence-corrected chi connectivity index (χ4v) is 1.32. The number of hydrogen-bond donors (Lipinski definition) is 2. The molecule has 0 amide bonds. The van der Waals surface area contributed by atoms with Crippen molar-refractivity contribution in [1.82, 2.24) is 4.98 Å². The molecule has 1 aromatic carbocycles. The maximum Gasteiger partial charge on any atom is 0.117 e. The summed E-state index contributed by atoms with van der Waals surface area (Å²) in [5.74, 6) is 0.273. The van der Waals surface area contributed by atoms with Gasteiger partial charge < -0.3 is 10.4 Å². The molecule has 0 radical (unpaired) electrons. The second kappa shape index (κ2) is 4.46. The van der Waals surface area contributed by atoms with Gasteiger partial charge in [-0.05, 0) is 29.8 Å². The Hall–Kier alpha value is -2.03. The van der Waals surface area contributed by atoms with Crippen LogP contribution in [-0.2, 0) is 6.54 Å². The quantitative estimate of drug-likeness (QED) is 0.799. The zero-order valence-electron chi connectivity index (χ0n) is 8.22. The Bertz CT molecular complexity index is 429. The van der Waals surface area contributed by atoms with Crippen LogP contribution in [0.15, 0.2) is 48.8 Å². The molecule has 0 saturated carbocycles. The van der Waals surface area contributed by atoms with E-state index in [1.807, 2.05) is 24.3 Å². The molecule has 2 rings (SSSR count). The molecule has 0 spiro atoms. The molecule has 0 aliphatic rings. The van der Waals surface area contributed by atoms with E-state index in [4.69, 9.17) is 0 Å². The molecule has 3 nitrogen and oxygen atoms in total. The van der Waals surface area contributed by atoms with Crippen molar-refractivity contribution >= 4 is 5.69 Å². The third kappa shape index (κ3) is 2.71. The minimum absolute atomic E-state index is 0.273. The minimum Gasteiger partial charge on any atom is -0.508 e. The molecule has 2 aromatic rings. The Morgan fingerprint density at radius 2 is 1.93 bits per heavy atom. The van der Waals surface area contributed by atoms with E-state index in [9.17, 15) is 5.11 Å². The van der Waals surface area contributed by atoms with Gasteiger partial charge in [-0.2, -0.15) is 0 Å². The normalized spacial score (nSPS) is 9.87. The lowest BCUT2D eigenvalue weighted by Crippen LogP contribution is -1.98. The number of pyridine rings is 1. The molecule has 0 saturated heterocycles. The average molecular weight is 200 g/mol. The van der Waals surface area contributed by atoms with Crippen LogP contribution in [0.2, 0.25) is 0 Å². The molecule has 0 fully saturated rings. The van der Waals surface area contributed by atoms with E-state index in [1.54, 1.807) is 24.5 Å². The first kappa shape index (κ1) is 9.52. The number of phenols is 1. The van der Waals surface area contributed by atoms with Gasteiger partial charge in [0.15, 0.2) is 0 Å². The standard InChI is InChI=1S/C12H12N2O/c15-12-3-1-2-11(8-12)14-9-10-4-6-13-7-5-10/h1-8,14-15H,9H2. The topological polar surface area (TPSA) is 45.1 Å². The van der Waals surface area contributed by atoms with Gasteiger partial charge in [-0.3, -0.25) is 4.98 Å². The zero-order valence-corrected chi connectivity index (χ0v) is 8.22. The maximum atomic E-state index is 9.26. The predicted molar refractivity (Wildman–Crippen MR) is 59.7 cm³/mol. The van der Waals surface area contributed by atoms with E-state index in [0.29, 0.717) is 0 Å². The highest BCUT2D eigenvalue weighted by Crippen LogP contribution is 2.15. The number of anilines is 1. The molecule has 0 atom stereocenters. The highest BCUT2D eigenvalue weighted by molar-refractivity contribution is 5.47. The Balaban J connectivity index is 1.99. The molecule has 76 valence electrons. The Kier molecular flexibility index (Phi) is 2.83. The SMILES string of the molecule is Oc1cccc(NCc2ccncc2)c1. The first-order valence-electron chi connectivity index (χ1n) is 4.76. The van der Waals surface area contributed by atoms with E-state index in [0.717, 1.165) is 17.8 Å². The average Bonchev–Trinajstić information content (AvgIpc) is 2.28. The monoisotopic (exact) mass is 200 g/mol. The van der Waals surface area contributed by atoms with Crippen molar-refractivity contribution in [2.45, 2.75) is 6.54 Å². The summed E-state index contributed by atoms with van der Waals surface area (Å²) in [6, 6.07) is 11.0. The molecule has 1 heterocycles. The Morgan fingerprint density at radius 1 is 1.13 bits per heavy atom. The first-order chi connectivity index (χ1) is 7.34. The summed E-state index contributed by atoms with van der Waals surface area (Å²) < 4.78 is 0. The highest BCUT2D eigenvalue weighted by Gasteiger charge is 1.94. The molecule has 15 heavy (non-hydrogen) atoms. The zero-order chi connectivity index (χ0) is 10.5. The fourth-order valence-electron chi connectivity index (χ4n) is 1.32. The summed E-state index contributed by atoms with van der Waals surface area (Å²) in [5.41, 5.74) is 2.07. The van der Waals surface area contributed by atoms with Crippen molar-refractivity contribution in [2.24, 2.45) is 0 Å². The number of aromatic nitrogens is 1. The van der Waals surface area contributed by atoms with Crippen LogP contribution in [0.1, 0.15) is 5.56 Å². The van der Waals surface area contributed by atoms with Gasteiger partial charge in [-0.25, -0.2) is 0 Å². The van der Waals surface area contributed by atoms with Crippen LogP contribution in [0.25, 0.3) is 0 Å². The van der Waals surface area contributed by atoms with Crippen LogP contribution in [0.4, 0.5) is 5.69 Å². The molecule has 3 heteroatoms. The Morgan fingerprint density at radius 3 is 2.67 bits per heavy atom. The van der Waals surface area contributed by atoms with Crippen LogP contribution in [0, 0.1) is 0 Å². The van der Waals surface area contributed by atoms with E-state index in [2.05, 4.69) is 10.3 Å². The number of rotatable bonds is 3. The third-order valence-corrected chi connectivity index (χ3v) is 2.09. The van der Waals surface area contributed by atoms with Crippen molar-refractivity contribution in [3.63, 3.8) is 0 Å². The van der Waals surface area contributed by atoms with Crippen LogP contribution in [-0.4, -0.2) is 10.1 Å². The summed E-state index contributed by atoms with van der Waals surface area (Å²) in [6.07, 6.45) is 3.53. The van der Waals surface area contributed by atoms with Gasteiger partial charge in [0.1, 0.15) is 5.75 Å². The minimum atomic E-state index is 0.273. The van der Waals surface area contributed by atoms with Gasteiger partial charge in [-0.1, -0.05) is 6.07 Å². The lowest BCUT2D eigenvalue weighted by atomic mass is 10.2. The number of hydrogen-bond acceptors (Lipinski definition) is 3. The van der Waals surface area contributed by atoms with Crippen molar-refractivity contribution in [3.8, 4) is 5.75 Å². The summed E-state index contributed by atoms with van der Waals surface area (Å²) in [6.45, 7) is 0.728. The number of aromatic hydroxyl groups is 1. The van der Waals surface area contributed by atoms with Crippen molar-refractivity contribution in [1.29, 1.82) is 0 Å². The van der Waals surface area contributed by atoms with Crippen molar-refractivity contribution in [2.75, 3.05) is 5.32 Å². The summed E-state index contributed by atoms with van der Waals surface area (Å²) in [4.78, 5) is 3.95. The third-order valence-electron chi connectivity index (χ3n) is 2.09. The van der Waals surface area contributed by atoms with Crippen LogP contribution in [0.5, 0.6) is 5.75 Å². The largest absolute Gasteiger partial charge is 0.508 e. The number of nitrogens with zero attached hydrogens (tertiary/aromatic N) is 1. The fraction of sp³-hybridized carbons (Fsp3) is 0.0833. The molecule has 0 aliphatic heterocycles.